The number of rotatable bonds is 6. The SMILES string of the molecule is O=C([O-])C[C@@H](NS(=O)(=O)c1cccc2nsnc12)C(=O)[O-]. The molecule has 0 fully saturated rings. The first-order valence-corrected chi connectivity index (χ1v) is 7.67. The second-order valence-corrected chi connectivity index (χ2v) is 6.17. The number of aromatic nitrogens is 2. The van der Waals surface area contributed by atoms with E-state index in [2.05, 4.69) is 8.75 Å². The monoisotopic (exact) mass is 329 g/mol. The molecule has 0 bridgehead atoms. The molecule has 0 saturated carbocycles. The third-order valence-electron chi connectivity index (χ3n) is 2.49. The molecule has 0 spiro atoms. The lowest BCUT2D eigenvalue weighted by molar-refractivity contribution is -0.317. The van der Waals surface area contributed by atoms with Gasteiger partial charge in [0.25, 0.3) is 0 Å². The van der Waals surface area contributed by atoms with Gasteiger partial charge < -0.3 is 19.8 Å². The molecule has 2 rings (SSSR count). The zero-order valence-electron chi connectivity index (χ0n) is 10.2. The standard InChI is InChI=1S/C10H9N3O6S2/c14-8(15)4-6(10(16)17)13-21(18,19)7-3-1-2-5-9(7)12-20-11-5/h1-3,6,13H,4H2,(H,14,15)(H,16,17)/p-2/t6-/m1/s1. The van der Waals surface area contributed by atoms with Gasteiger partial charge in [0, 0.05) is 12.4 Å². The minimum Gasteiger partial charge on any atom is -0.550 e. The number of carbonyl (C=O) groups excluding carboxylic acids is 2. The summed E-state index contributed by atoms with van der Waals surface area (Å²) < 4.78 is 33.8. The molecule has 1 aromatic carbocycles. The van der Waals surface area contributed by atoms with Crippen molar-refractivity contribution >= 4 is 44.7 Å². The van der Waals surface area contributed by atoms with Crippen LogP contribution < -0.4 is 14.9 Å². The molecular formula is C10H7N3O6S2-2. The second kappa shape index (κ2) is 5.71. The molecule has 1 atom stereocenters. The number of carboxylic acid groups (broad SMARTS) is 2. The molecule has 2 aromatic rings. The summed E-state index contributed by atoms with van der Waals surface area (Å²) >= 11 is 0.794. The average molecular weight is 329 g/mol. The minimum absolute atomic E-state index is 0.0700. The Labute approximate surface area is 122 Å². The topological polar surface area (TPSA) is 152 Å². The Balaban J connectivity index is 2.39. The van der Waals surface area contributed by atoms with Gasteiger partial charge in [0.1, 0.15) is 15.9 Å². The van der Waals surface area contributed by atoms with Crippen LogP contribution in [0.15, 0.2) is 23.1 Å². The van der Waals surface area contributed by atoms with Gasteiger partial charge >= 0.3 is 0 Å². The van der Waals surface area contributed by atoms with E-state index < -0.39 is 34.4 Å². The van der Waals surface area contributed by atoms with Crippen LogP contribution in [0.2, 0.25) is 0 Å². The van der Waals surface area contributed by atoms with Gasteiger partial charge in [-0.15, -0.1) is 0 Å². The summed E-state index contributed by atoms with van der Waals surface area (Å²) in [5.74, 6) is -3.59. The number of carboxylic acids is 2. The Kier molecular flexibility index (Phi) is 4.16. The minimum atomic E-state index is -4.30. The molecule has 1 N–H and O–H groups in total. The van der Waals surface area contributed by atoms with Crippen molar-refractivity contribution in [1.82, 2.24) is 13.5 Å². The molecular weight excluding hydrogens is 322 g/mol. The van der Waals surface area contributed by atoms with E-state index in [-0.39, 0.29) is 10.4 Å². The number of nitrogens with one attached hydrogen (secondary N) is 1. The molecule has 0 aliphatic rings. The summed E-state index contributed by atoms with van der Waals surface area (Å²) in [7, 11) is -4.30. The summed E-state index contributed by atoms with van der Waals surface area (Å²) in [4.78, 5) is 21.0. The molecule has 0 radical (unpaired) electrons. The third-order valence-corrected chi connectivity index (χ3v) is 4.54. The first kappa shape index (κ1) is 15.3. The van der Waals surface area contributed by atoms with E-state index in [1.807, 2.05) is 0 Å². The molecule has 21 heavy (non-hydrogen) atoms. The maximum atomic E-state index is 12.2. The smallest absolute Gasteiger partial charge is 0.243 e. The molecule has 112 valence electrons. The van der Waals surface area contributed by atoms with Crippen molar-refractivity contribution in [3.63, 3.8) is 0 Å². The molecule has 11 heteroatoms. The lowest BCUT2D eigenvalue weighted by Crippen LogP contribution is -2.50. The number of benzene rings is 1. The Morgan fingerprint density at radius 3 is 2.62 bits per heavy atom. The second-order valence-electron chi connectivity index (χ2n) is 3.96. The number of sulfonamides is 1. The summed E-state index contributed by atoms with van der Waals surface area (Å²) in [6.07, 6.45) is -1.05. The van der Waals surface area contributed by atoms with Crippen LogP contribution in [-0.4, -0.2) is 35.1 Å². The molecule has 0 aliphatic heterocycles. The van der Waals surface area contributed by atoms with Crippen LogP contribution in [-0.2, 0) is 19.6 Å². The number of fused-ring (bicyclic) bond motifs is 1. The van der Waals surface area contributed by atoms with E-state index in [9.17, 15) is 28.2 Å². The van der Waals surface area contributed by atoms with Crippen LogP contribution in [0.5, 0.6) is 0 Å². The zero-order chi connectivity index (χ0) is 15.6. The van der Waals surface area contributed by atoms with Crippen molar-refractivity contribution in [2.45, 2.75) is 17.4 Å². The predicted molar refractivity (Wildman–Crippen MR) is 66.2 cm³/mol. The van der Waals surface area contributed by atoms with Crippen LogP contribution in [0, 0.1) is 0 Å². The highest BCUT2D eigenvalue weighted by Crippen LogP contribution is 2.21. The normalized spacial score (nSPS) is 13.1. The van der Waals surface area contributed by atoms with Crippen LogP contribution in [0.25, 0.3) is 11.0 Å². The predicted octanol–water partition coefficient (Wildman–Crippen LogP) is -2.77. The maximum absolute atomic E-state index is 12.2. The Hall–Kier alpha value is -2.11. The molecule has 9 nitrogen and oxygen atoms in total. The molecule has 0 aliphatic carbocycles. The zero-order valence-corrected chi connectivity index (χ0v) is 11.8. The largest absolute Gasteiger partial charge is 0.550 e. The molecule has 0 amide bonds. The summed E-state index contributed by atoms with van der Waals surface area (Å²) in [5.41, 5.74) is 0.397. The lowest BCUT2D eigenvalue weighted by atomic mass is 10.2. The molecule has 1 aromatic heterocycles. The third kappa shape index (κ3) is 3.32. The summed E-state index contributed by atoms with van der Waals surface area (Å²) in [6, 6.07) is 2.21. The Morgan fingerprint density at radius 2 is 2.00 bits per heavy atom. The van der Waals surface area contributed by atoms with Crippen molar-refractivity contribution in [3.8, 4) is 0 Å². The first-order valence-electron chi connectivity index (χ1n) is 5.45. The van der Waals surface area contributed by atoms with Gasteiger partial charge in [-0.25, -0.2) is 13.1 Å². The van der Waals surface area contributed by atoms with Gasteiger partial charge in [-0.05, 0) is 12.1 Å². The van der Waals surface area contributed by atoms with Crippen LogP contribution >= 0.6 is 11.7 Å². The highest BCUT2D eigenvalue weighted by Gasteiger charge is 2.24. The Bertz CT molecular complexity index is 800. The van der Waals surface area contributed by atoms with Gasteiger partial charge in [0.05, 0.1) is 23.7 Å². The summed E-state index contributed by atoms with van der Waals surface area (Å²) in [5, 5.41) is 21.3. The van der Waals surface area contributed by atoms with Crippen molar-refractivity contribution < 1.29 is 28.2 Å². The van der Waals surface area contributed by atoms with Crippen molar-refractivity contribution in [1.29, 1.82) is 0 Å². The molecule has 0 unspecified atom stereocenters. The number of hydrogen-bond donors (Lipinski definition) is 1. The van der Waals surface area contributed by atoms with Gasteiger partial charge in [-0.3, -0.25) is 0 Å². The molecule has 1 heterocycles. The van der Waals surface area contributed by atoms with Gasteiger partial charge in [0.2, 0.25) is 10.0 Å². The van der Waals surface area contributed by atoms with Crippen LogP contribution in [0.3, 0.4) is 0 Å². The van der Waals surface area contributed by atoms with E-state index in [1.54, 1.807) is 4.72 Å². The van der Waals surface area contributed by atoms with Gasteiger partial charge in [-0.1, -0.05) is 6.07 Å². The van der Waals surface area contributed by atoms with Crippen LogP contribution in [0.1, 0.15) is 6.42 Å². The fourth-order valence-corrected chi connectivity index (χ4v) is 3.54. The van der Waals surface area contributed by atoms with E-state index in [0.29, 0.717) is 5.52 Å². The maximum Gasteiger partial charge on any atom is 0.243 e. The first-order chi connectivity index (χ1) is 9.81. The van der Waals surface area contributed by atoms with E-state index in [0.717, 1.165) is 11.7 Å². The highest BCUT2D eigenvalue weighted by atomic mass is 32.2. The highest BCUT2D eigenvalue weighted by molar-refractivity contribution is 7.89. The number of aliphatic carboxylic acids is 2. The fourth-order valence-electron chi connectivity index (χ4n) is 1.59. The number of hydrogen-bond acceptors (Lipinski definition) is 9. The van der Waals surface area contributed by atoms with Crippen molar-refractivity contribution in [2.24, 2.45) is 0 Å². The van der Waals surface area contributed by atoms with Crippen molar-refractivity contribution in [2.75, 3.05) is 0 Å². The number of nitrogens with zero attached hydrogens (tertiary/aromatic N) is 2. The van der Waals surface area contributed by atoms with E-state index >= 15 is 0 Å². The lowest BCUT2D eigenvalue weighted by Gasteiger charge is -2.20. The van der Waals surface area contributed by atoms with Crippen LogP contribution in [0.4, 0.5) is 0 Å². The average Bonchev–Trinajstić information content (AvgIpc) is 2.84. The van der Waals surface area contributed by atoms with Gasteiger partial charge in [-0.2, -0.15) is 8.75 Å². The van der Waals surface area contributed by atoms with E-state index in [4.69, 9.17) is 0 Å². The fraction of sp³-hybridized carbons (Fsp3) is 0.200. The Morgan fingerprint density at radius 1 is 1.29 bits per heavy atom. The van der Waals surface area contributed by atoms with E-state index in [1.165, 1.54) is 18.2 Å². The van der Waals surface area contributed by atoms with Gasteiger partial charge in [0.15, 0.2) is 0 Å². The van der Waals surface area contributed by atoms with Crippen molar-refractivity contribution in [3.05, 3.63) is 18.2 Å². The number of carbonyl (C=O) groups is 2. The molecule has 0 saturated heterocycles. The summed E-state index contributed by atoms with van der Waals surface area (Å²) in [6.45, 7) is 0. The quantitative estimate of drug-likeness (QED) is 0.597.